The molecule has 2 heterocycles. The number of anilines is 2. The maximum Gasteiger partial charge on any atom is 0.348 e. The third kappa shape index (κ3) is 3.97. The molecular formula is C15H18N4O4S2. The number of aryl methyl sites for hydroxylation is 2. The third-order valence-electron chi connectivity index (χ3n) is 3.40. The van der Waals surface area contributed by atoms with Gasteiger partial charge in [0.1, 0.15) is 9.88 Å². The zero-order valence-corrected chi connectivity index (χ0v) is 16.1. The molecule has 2 rings (SSSR count). The molecule has 0 aliphatic carbocycles. The fraction of sp³-hybridized carbons (Fsp3) is 0.333. The molecule has 0 atom stereocenters. The summed E-state index contributed by atoms with van der Waals surface area (Å²) in [5.41, 5.74) is 2.24. The highest BCUT2D eigenvalue weighted by Crippen LogP contribution is 2.34. The predicted molar refractivity (Wildman–Crippen MR) is 99.5 cm³/mol. The Morgan fingerprint density at radius 2 is 1.84 bits per heavy atom. The molecule has 0 aliphatic heterocycles. The van der Waals surface area contributed by atoms with Crippen LogP contribution in [0.25, 0.3) is 0 Å². The van der Waals surface area contributed by atoms with Gasteiger partial charge in [-0.05, 0) is 31.6 Å². The SMILES string of the molecule is COC(=O)c1sc(NC(=S)Nc2cn(C)nc2C)c(C(=O)OC)c1C. The summed E-state index contributed by atoms with van der Waals surface area (Å²) in [6.45, 7) is 3.50. The molecule has 0 radical (unpaired) electrons. The summed E-state index contributed by atoms with van der Waals surface area (Å²) < 4.78 is 11.2. The van der Waals surface area contributed by atoms with Gasteiger partial charge >= 0.3 is 11.9 Å². The van der Waals surface area contributed by atoms with Crippen LogP contribution >= 0.6 is 23.6 Å². The van der Waals surface area contributed by atoms with Gasteiger partial charge in [0.2, 0.25) is 0 Å². The van der Waals surface area contributed by atoms with E-state index in [1.807, 2.05) is 6.92 Å². The van der Waals surface area contributed by atoms with E-state index in [1.165, 1.54) is 14.2 Å². The van der Waals surface area contributed by atoms with Crippen LogP contribution < -0.4 is 10.6 Å². The van der Waals surface area contributed by atoms with Gasteiger partial charge in [0.25, 0.3) is 0 Å². The van der Waals surface area contributed by atoms with Crippen molar-refractivity contribution in [1.29, 1.82) is 0 Å². The Bertz CT molecular complexity index is 841. The van der Waals surface area contributed by atoms with Gasteiger partial charge < -0.3 is 20.1 Å². The summed E-state index contributed by atoms with van der Waals surface area (Å²) >= 11 is 6.37. The standard InChI is InChI=1S/C15H18N4O4S2/c1-7-10(13(20)22-4)12(25-11(7)14(21)23-5)17-15(24)16-9-6-19(3)18-8(9)2/h6H,1-5H3,(H2,16,17,24). The molecule has 0 saturated carbocycles. The molecule has 0 bridgehead atoms. The summed E-state index contributed by atoms with van der Waals surface area (Å²) in [5.74, 6) is -1.09. The summed E-state index contributed by atoms with van der Waals surface area (Å²) in [4.78, 5) is 24.3. The van der Waals surface area contributed by atoms with Crippen molar-refractivity contribution in [3.8, 4) is 0 Å². The van der Waals surface area contributed by atoms with Gasteiger partial charge in [0, 0.05) is 13.2 Å². The lowest BCUT2D eigenvalue weighted by molar-refractivity contribution is 0.0601. The van der Waals surface area contributed by atoms with Crippen LogP contribution in [0.5, 0.6) is 0 Å². The van der Waals surface area contributed by atoms with Gasteiger partial charge in [-0.25, -0.2) is 9.59 Å². The minimum Gasteiger partial charge on any atom is -0.465 e. The number of rotatable bonds is 4. The van der Waals surface area contributed by atoms with Crippen LogP contribution in [0, 0.1) is 13.8 Å². The Labute approximate surface area is 154 Å². The maximum absolute atomic E-state index is 12.1. The molecule has 0 fully saturated rings. The van der Waals surface area contributed by atoms with Crippen molar-refractivity contribution < 1.29 is 19.1 Å². The van der Waals surface area contributed by atoms with Crippen LogP contribution in [0.2, 0.25) is 0 Å². The summed E-state index contributed by atoms with van der Waals surface area (Å²) in [6, 6.07) is 0. The van der Waals surface area contributed by atoms with Gasteiger partial charge in [0.15, 0.2) is 5.11 Å². The number of esters is 2. The average Bonchev–Trinajstić information content (AvgIpc) is 3.04. The van der Waals surface area contributed by atoms with Crippen molar-refractivity contribution in [2.45, 2.75) is 13.8 Å². The molecule has 0 amide bonds. The van der Waals surface area contributed by atoms with Crippen LogP contribution in [0.15, 0.2) is 6.20 Å². The van der Waals surface area contributed by atoms with Crippen molar-refractivity contribution in [2.75, 3.05) is 24.9 Å². The van der Waals surface area contributed by atoms with Crippen molar-refractivity contribution in [1.82, 2.24) is 9.78 Å². The molecule has 10 heteroatoms. The molecular weight excluding hydrogens is 364 g/mol. The fourth-order valence-corrected chi connectivity index (χ4v) is 3.61. The molecule has 25 heavy (non-hydrogen) atoms. The van der Waals surface area contributed by atoms with E-state index in [2.05, 4.69) is 15.7 Å². The Kier molecular flexibility index (Phi) is 5.75. The summed E-state index contributed by atoms with van der Waals surface area (Å²) in [6.07, 6.45) is 1.78. The van der Waals surface area contributed by atoms with E-state index in [-0.39, 0.29) is 10.7 Å². The van der Waals surface area contributed by atoms with Crippen LogP contribution in [-0.4, -0.2) is 41.1 Å². The van der Waals surface area contributed by atoms with Gasteiger partial charge in [-0.3, -0.25) is 4.68 Å². The minimum atomic E-state index is -0.563. The quantitative estimate of drug-likeness (QED) is 0.615. The first-order valence-corrected chi connectivity index (χ1v) is 8.39. The first-order chi connectivity index (χ1) is 11.8. The number of nitrogens with one attached hydrogen (secondary N) is 2. The zero-order chi connectivity index (χ0) is 18.7. The Hall–Kier alpha value is -2.46. The number of carbonyl (C=O) groups excluding carboxylic acids is 2. The molecule has 0 aliphatic rings. The van der Waals surface area contributed by atoms with E-state index < -0.39 is 11.9 Å². The number of hydrogen-bond acceptors (Lipinski definition) is 7. The molecule has 134 valence electrons. The smallest absolute Gasteiger partial charge is 0.348 e. The number of hydrogen-bond donors (Lipinski definition) is 2. The number of thiophene rings is 1. The fourth-order valence-electron chi connectivity index (χ4n) is 2.22. The highest BCUT2D eigenvalue weighted by Gasteiger charge is 2.26. The van der Waals surface area contributed by atoms with Crippen LogP contribution in [0.4, 0.5) is 10.7 Å². The maximum atomic E-state index is 12.1. The van der Waals surface area contributed by atoms with Crippen molar-refractivity contribution in [2.24, 2.45) is 7.05 Å². The zero-order valence-electron chi connectivity index (χ0n) is 14.4. The molecule has 2 N–H and O–H groups in total. The topological polar surface area (TPSA) is 94.5 Å². The van der Waals surface area contributed by atoms with E-state index in [0.29, 0.717) is 15.4 Å². The highest BCUT2D eigenvalue weighted by atomic mass is 32.1. The minimum absolute atomic E-state index is 0.250. The molecule has 0 unspecified atom stereocenters. The lowest BCUT2D eigenvalue weighted by Crippen LogP contribution is -2.20. The Morgan fingerprint density at radius 3 is 2.36 bits per heavy atom. The van der Waals surface area contributed by atoms with Gasteiger partial charge in [0.05, 0.1) is 31.2 Å². The lowest BCUT2D eigenvalue weighted by atomic mass is 10.1. The first kappa shape index (κ1) is 18.9. The average molecular weight is 382 g/mol. The highest BCUT2D eigenvalue weighted by molar-refractivity contribution is 7.80. The van der Waals surface area contributed by atoms with Crippen molar-refractivity contribution in [3.63, 3.8) is 0 Å². The van der Waals surface area contributed by atoms with Crippen molar-refractivity contribution >= 4 is 51.3 Å². The summed E-state index contributed by atoms with van der Waals surface area (Å²) in [5, 5.41) is 10.8. The second kappa shape index (κ2) is 7.62. The predicted octanol–water partition coefficient (Wildman–Crippen LogP) is 2.48. The van der Waals surface area contributed by atoms with Crippen LogP contribution in [0.3, 0.4) is 0 Å². The lowest BCUT2D eigenvalue weighted by Gasteiger charge is -2.09. The molecule has 8 nitrogen and oxygen atoms in total. The first-order valence-electron chi connectivity index (χ1n) is 7.16. The van der Waals surface area contributed by atoms with E-state index in [1.54, 1.807) is 24.9 Å². The van der Waals surface area contributed by atoms with Crippen LogP contribution in [-0.2, 0) is 16.5 Å². The molecule has 2 aromatic rings. The second-order valence-corrected chi connectivity index (χ2v) is 6.55. The third-order valence-corrected chi connectivity index (χ3v) is 4.79. The van der Waals surface area contributed by atoms with E-state index >= 15 is 0 Å². The van der Waals surface area contributed by atoms with E-state index in [9.17, 15) is 9.59 Å². The number of ether oxygens (including phenoxy) is 2. The van der Waals surface area contributed by atoms with Gasteiger partial charge in [-0.1, -0.05) is 0 Å². The van der Waals surface area contributed by atoms with Crippen molar-refractivity contribution in [3.05, 3.63) is 27.9 Å². The van der Waals surface area contributed by atoms with Crippen LogP contribution in [0.1, 0.15) is 31.3 Å². The van der Waals surface area contributed by atoms with Gasteiger partial charge in [-0.15, -0.1) is 11.3 Å². The van der Waals surface area contributed by atoms with Gasteiger partial charge in [-0.2, -0.15) is 5.10 Å². The normalized spacial score (nSPS) is 10.3. The largest absolute Gasteiger partial charge is 0.465 e. The number of carbonyl (C=O) groups is 2. The second-order valence-electron chi connectivity index (χ2n) is 5.12. The molecule has 0 spiro atoms. The van der Waals surface area contributed by atoms with E-state index in [0.717, 1.165) is 22.7 Å². The number of nitrogens with zero attached hydrogens (tertiary/aromatic N) is 2. The molecule has 2 aromatic heterocycles. The number of methoxy groups -OCH3 is 2. The Balaban J connectivity index is 2.31. The number of aromatic nitrogens is 2. The Morgan fingerprint density at radius 1 is 1.20 bits per heavy atom. The monoisotopic (exact) mass is 382 g/mol. The van der Waals surface area contributed by atoms with E-state index in [4.69, 9.17) is 21.7 Å². The number of thiocarbonyl (C=S) groups is 1. The summed E-state index contributed by atoms with van der Waals surface area (Å²) in [7, 11) is 4.36. The molecule has 0 saturated heterocycles. The molecule has 0 aromatic carbocycles.